The first-order chi connectivity index (χ1) is 10.9. The fraction of sp³-hybridized carbons (Fsp3) is 0.0588. The third kappa shape index (κ3) is 3.15. The van der Waals surface area contributed by atoms with Gasteiger partial charge in [-0.15, -0.1) is 0 Å². The van der Waals surface area contributed by atoms with Gasteiger partial charge in [0.05, 0.1) is 16.8 Å². The number of rotatable bonds is 2. The van der Waals surface area contributed by atoms with Gasteiger partial charge in [0.15, 0.2) is 0 Å². The van der Waals surface area contributed by atoms with Gasteiger partial charge in [-0.3, -0.25) is 9.78 Å². The summed E-state index contributed by atoms with van der Waals surface area (Å²) in [6.07, 6.45) is -3.07. The van der Waals surface area contributed by atoms with Gasteiger partial charge in [-0.05, 0) is 30.3 Å². The third-order valence-corrected chi connectivity index (χ3v) is 3.35. The average molecular weight is 316 g/mol. The largest absolute Gasteiger partial charge is 0.416 e. The smallest absolute Gasteiger partial charge is 0.321 e. The fourth-order valence-electron chi connectivity index (χ4n) is 2.22. The Morgan fingerprint density at radius 2 is 1.74 bits per heavy atom. The number of pyridine rings is 1. The highest BCUT2D eigenvalue weighted by Gasteiger charge is 2.30. The number of halogens is 3. The molecule has 6 heteroatoms. The molecule has 0 fully saturated rings. The zero-order valence-corrected chi connectivity index (χ0v) is 11.8. The predicted molar refractivity (Wildman–Crippen MR) is 81.1 cm³/mol. The van der Waals surface area contributed by atoms with E-state index >= 15 is 0 Å². The molecule has 1 heterocycles. The van der Waals surface area contributed by atoms with Crippen molar-refractivity contribution in [2.75, 3.05) is 5.32 Å². The molecule has 2 aromatic carbocycles. The molecule has 3 rings (SSSR count). The second kappa shape index (κ2) is 5.72. The molecule has 0 spiro atoms. The van der Waals surface area contributed by atoms with Crippen molar-refractivity contribution in [3.05, 3.63) is 71.9 Å². The van der Waals surface area contributed by atoms with E-state index in [0.29, 0.717) is 16.6 Å². The fourth-order valence-corrected chi connectivity index (χ4v) is 2.22. The Balaban J connectivity index is 1.97. The van der Waals surface area contributed by atoms with Crippen LogP contribution in [0.3, 0.4) is 0 Å². The standard InChI is InChI=1S/C17H11F3N2O/c18-17(19,20)12-6-7-13-14(8-9-21-15(13)10-12)22-16(23)11-4-2-1-3-5-11/h1-10H,(H,21,22,23). The highest BCUT2D eigenvalue weighted by atomic mass is 19.4. The number of alkyl halides is 3. The van der Waals surface area contributed by atoms with Crippen LogP contribution in [0.1, 0.15) is 15.9 Å². The number of hydrogen-bond acceptors (Lipinski definition) is 2. The first kappa shape index (κ1) is 15.0. The zero-order chi connectivity index (χ0) is 16.4. The Bertz CT molecular complexity index is 861. The molecule has 0 aliphatic rings. The molecular formula is C17H11F3N2O. The van der Waals surface area contributed by atoms with Crippen molar-refractivity contribution in [1.29, 1.82) is 0 Å². The Morgan fingerprint density at radius 3 is 2.43 bits per heavy atom. The summed E-state index contributed by atoms with van der Waals surface area (Å²) < 4.78 is 38.3. The van der Waals surface area contributed by atoms with E-state index in [4.69, 9.17) is 0 Å². The number of fused-ring (bicyclic) bond motifs is 1. The van der Waals surface area contributed by atoms with Gasteiger partial charge in [0, 0.05) is 17.1 Å². The van der Waals surface area contributed by atoms with Gasteiger partial charge >= 0.3 is 6.18 Å². The predicted octanol–water partition coefficient (Wildman–Crippen LogP) is 4.51. The summed E-state index contributed by atoms with van der Waals surface area (Å²) in [5, 5.41) is 3.15. The Kier molecular flexibility index (Phi) is 3.73. The number of anilines is 1. The zero-order valence-electron chi connectivity index (χ0n) is 11.8. The molecule has 1 N–H and O–H groups in total. The van der Waals surface area contributed by atoms with Gasteiger partial charge < -0.3 is 5.32 Å². The molecule has 0 saturated carbocycles. The van der Waals surface area contributed by atoms with Gasteiger partial charge in [-0.2, -0.15) is 13.2 Å². The number of carbonyl (C=O) groups excluding carboxylic acids is 1. The van der Waals surface area contributed by atoms with E-state index in [1.165, 1.54) is 12.3 Å². The van der Waals surface area contributed by atoms with Gasteiger partial charge in [-0.25, -0.2) is 0 Å². The Labute approximate surface area is 129 Å². The monoisotopic (exact) mass is 316 g/mol. The molecule has 23 heavy (non-hydrogen) atoms. The van der Waals surface area contributed by atoms with Gasteiger partial charge in [0.1, 0.15) is 0 Å². The SMILES string of the molecule is O=C(Nc1ccnc2cc(C(F)(F)F)ccc12)c1ccccc1. The molecule has 1 amide bonds. The second-order valence-corrected chi connectivity index (χ2v) is 4.91. The highest BCUT2D eigenvalue weighted by Crippen LogP contribution is 2.32. The van der Waals surface area contributed by atoms with Crippen LogP contribution >= 0.6 is 0 Å². The maximum absolute atomic E-state index is 12.8. The van der Waals surface area contributed by atoms with Crippen LogP contribution in [0.4, 0.5) is 18.9 Å². The van der Waals surface area contributed by atoms with Crippen LogP contribution in [0, 0.1) is 0 Å². The summed E-state index contributed by atoms with van der Waals surface area (Å²) >= 11 is 0. The van der Waals surface area contributed by atoms with Crippen molar-refractivity contribution in [3.8, 4) is 0 Å². The average Bonchev–Trinajstić information content (AvgIpc) is 2.54. The van der Waals surface area contributed by atoms with Gasteiger partial charge in [-0.1, -0.05) is 24.3 Å². The molecule has 0 atom stereocenters. The third-order valence-electron chi connectivity index (χ3n) is 3.35. The lowest BCUT2D eigenvalue weighted by molar-refractivity contribution is -0.137. The van der Waals surface area contributed by atoms with Crippen LogP contribution in [0.15, 0.2) is 60.8 Å². The maximum Gasteiger partial charge on any atom is 0.416 e. The summed E-state index contributed by atoms with van der Waals surface area (Å²) in [6, 6.07) is 13.4. The van der Waals surface area contributed by atoms with Crippen molar-refractivity contribution in [1.82, 2.24) is 4.98 Å². The summed E-state index contributed by atoms with van der Waals surface area (Å²) in [6.45, 7) is 0. The van der Waals surface area contributed by atoms with E-state index in [1.54, 1.807) is 36.4 Å². The molecule has 0 aliphatic heterocycles. The number of nitrogens with zero attached hydrogens (tertiary/aromatic N) is 1. The topological polar surface area (TPSA) is 42.0 Å². The lowest BCUT2D eigenvalue weighted by Gasteiger charge is -2.11. The second-order valence-electron chi connectivity index (χ2n) is 4.91. The number of carbonyl (C=O) groups is 1. The number of amides is 1. The number of benzene rings is 2. The van der Waals surface area contributed by atoms with E-state index in [2.05, 4.69) is 10.3 Å². The minimum Gasteiger partial charge on any atom is -0.321 e. The molecule has 0 radical (unpaired) electrons. The number of nitrogens with one attached hydrogen (secondary N) is 1. The Morgan fingerprint density at radius 1 is 1.00 bits per heavy atom. The first-order valence-corrected chi connectivity index (χ1v) is 6.77. The molecule has 116 valence electrons. The van der Waals surface area contributed by atoms with Crippen molar-refractivity contribution in [2.24, 2.45) is 0 Å². The molecule has 1 aromatic heterocycles. The lowest BCUT2D eigenvalue weighted by Crippen LogP contribution is -2.12. The van der Waals surface area contributed by atoms with Crippen molar-refractivity contribution in [3.63, 3.8) is 0 Å². The minimum absolute atomic E-state index is 0.172. The van der Waals surface area contributed by atoms with E-state index in [9.17, 15) is 18.0 Å². The van der Waals surface area contributed by atoms with Crippen molar-refractivity contribution in [2.45, 2.75) is 6.18 Å². The summed E-state index contributed by atoms with van der Waals surface area (Å²) in [5.74, 6) is -0.335. The Hall–Kier alpha value is -2.89. The van der Waals surface area contributed by atoms with Crippen LogP contribution in [0.25, 0.3) is 10.9 Å². The van der Waals surface area contributed by atoms with Crippen LogP contribution in [-0.4, -0.2) is 10.9 Å². The van der Waals surface area contributed by atoms with Gasteiger partial charge in [0.2, 0.25) is 0 Å². The molecular weight excluding hydrogens is 305 g/mol. The quantitative estimate of drug-likeness (QED) is 0.756. The summed E-state index contributed by atoms with van der Waals surface area (Å²) in [4.78, 5) is 16.1. The van der Waals surface area contributed by atoms with E-state index in [0.717, 1.165) is 12.1 Å². The molecule has 3 aromatic rings. The summed E-state index contributed by atoms with van der Waals surface area (Å²) in [7, 11) is 0. The summed E-state index contributed by atoms with van der Waals surface area (Å²) in [5.41, 5.74) is 0.275. The molecule has 0 saturated heterocycles. The normalized spacial score (nSPS) is 11.4. The molecule has 0 bridgehead atoms. The van der Waals surface area contributed by atoms with Crippen LogP contribution in [0.2, 0.25) is 0 Å². The molecule has 3 nitrogen and oxygen atoms in total. The maximum atomic E-state index is 12.8. The lowest BCUT2D eigenvalue weighted by atomic mass is 10.1. The van der Waals surface area contributed by atoms with E-state index < -0.39 is 11.7 Å². The number of hydrogen-bond donors (Lipinski definition) is 1. The van der Waals surface area contributed by atoms with Crippen LogP contribution < -0.4 is 5.32 Å². The van der Waals surface area contributed by atoms with Crippen LogP contribution in [-0.2, 0) is 6.18 Å². The van der Waals surface area contributed by atoms with Gasteiger partial charge in [0.25, 0.3) is 5.91 Å². The van der Waals surface area contributed by atoms with Crippen LogP contribution in [0.5, 0.6) is 0 Å². The first-order valence-electron chi connectivity index (χ1n) is 6.77. The van der Waals surface area contributed by atoms with Crippen molar-refractivity contribution < 1.29 is 18.0 Å². The van der Waals surface area contributed by atoms with Crippen molar-refractivity contribution >= 4 is 22.5 Å². The van der Waals surface area contributed by atoms with E-state index in [1.807, 2.05) is 0 Å². The molecule has 0 aliphatic carbocycles. The minimum atomic E-state index is -4.43. The molecule has 0 unspecified atom stereocenters. The van der Waals surface area contributed by atoms with E-state index in [-0.39, 0.29) is 11.4 Å². The number of aromatic nitrogens is 1. The highest BCUT2D eigenvalue weighted by molar-refractivity contribution is 6.08.